The van der Waals surface area contributed by atoms with Crippen LogP contribution >= 0.6 is 0 Å². The molecule has 6 heteroatoms. The van der Waals surface area contributed by atoms with Gasteiger partial charge < -0.3 is 10.3 Å². The molecule has 0 radical (unpaired) electrons. The summed E-state index contributed by atoms with van der Waals surface area (Å²) in [5.74, 6) is 0.220. The molecule has 0 fully saturated rings. The van der Waals surface area contributed by atoms with E-state index < -0.39 is 14.7 Å². The van der Waals surface area contributed by atoms with E-state index in [0.29, 0.717) is 11.1 Å². The van der Waals surface area contributed by atoms with Gasteiger partial charge in [-0.15, -0.1) is 0 Å². The molecule has 0 atom stereocenters. The third kappa shape index (κ3) is 3.09. The molecular weight excluding hydrogens is 222 g/mol. The summed E-state index contributed by atoms with van der Waals surface area (Å²) in [6.07, 6.45) is 1.54. The maximum absolute atomic E-state index is 11.5. The molecule has 16 heavy (non-hydrogen) atoms. The number of aromatic nitrogens is 2. The molecule has 1 heterocycles. The highest BCUT2D eigenvalue weighted by Crippen LogP contribution is 2.18. The van der Waals surface area contributed by atoms with Crippen molar-refractivity contribution in [1.29, 1.82) is 0 Å². The van der Waals surface area contributed by atoms with Crippen LogP contribution in [0.2, 0.25) is 11.1 Å². The van der Waals surface area contributed by atoms with Crippen LogP contribution in [0.15, 0.2) is 17.1 Å². The van der Waals surface area contributed by atoms with Crippen LogP contribution in [0.25, 0.3) is 0 Å². The molecule has 0 aliphatic heterocycles. The largest absolute Gasteiger partial charge is 0.469 e. The molecule has 0 amide bonds. The van der Waals surface area contributed by atoms with Crippen molar-refractivity contribution >= 4 is 14.9 Å². The van der Waals surface area contributed by atoms with Gasteiger partial charge in [-0.3, -0.25) is 0 Å². The Morgan fingerprint density at radius 3 is 2.38 bits per heavy atom. The third-order valence-corrected chi connectivity index (χ3v) is 5.44. The fourth-order valence-corrected chi connectivity index (χ4v) is 4.08. The third-order valence-electron chi connectivity index (χ3n) is 2.34. The molecule has 1 aromatic rings. The van der Waals surface area contributed by atoms with E-state index in [1.807, 2.05) is 0 Å². The Kier molecular flexibility index (Phi) is 4.11. The first-order valence-corrected chi connectivity index (χ1v) is 7.24. The average molecular weight is 241 g/mol. The number of rotatable bonds is 4. The predicted molar refractivity (Wildman–Crippen MR) is 66.8 cm³/mol. The lowest BCUT2D eigenvalue weighted by molar-refractivity contribution is 0.248. The van der Waals surface area contributed by atoms with E-state index in [1.54, 1.807) is 6.07 Å². The summed E-state index contributed by atoms with van der Waals surface area (Å²) in [6.45, 7) is 8.47. The topological polar surface area (TPSA) is 70.1 Å². The Morgan fingerprint density at radius 2 is 1.94 bits per heavy atom. The first-order valence-electron chi connectivity index (χ1n) is 5.44. The van der Waals surface area contributed by atoms with Gasteiger partial charge in [-0.25, -0.2) is 4.79 Å². The second kappa shape index (κ2) is 5.15. The van der Waals surface area contributed by atoms with Crippen molar-refractivity contribution < 1.29 is 4.53 Å². The summed E-state index contributed by atoms with van der Waals surface area (Å²) in [5, 5.41) is 0. The van der Waals surface area contributed by atoms with Crippen molar-refractivity contribution in [3.63, 3.8) is 0 Å². The summed E-state index contributed by atoms with van der Waals surface area (Å²) in [7, 11) is -1.47. The van der Waals surface area contributed by atoms with Gasteiger partial charge in [0.05, 0.1) is 6.20 Å². The molecule has 0 bridgehead atoms. The highest BCUT2D eigenvalue weighted by Gasteiger charge is 2.24. The molecule has 90 valence electrons. The van der Waals surface area contributed by atoms with Crippen LogP contribution < -0.4 is 16.0 Å². The molecule has 0 saturated heterocycles. The highest BCUT2D eigenvalue weighted by molar-refractivity contribution is 6.55. The minimum atomic E-state index is -1.47. The van der Waals surface area contributed by atoms with Crippen molar-refractivity contribution in [1.82, 2.24) is 9.71 Å². The molecule has 5 nitrogen and oxygen atoms in total. The van der Waals surface area contributed by atoms with Crippen LogP contribution in [0.5, 0.6) is 0 Å². The Labute approximate surface area is 96.9 Å². The molecule has 1 rings (SSSR count). The van der Waals surface area contributed by atoms with E-state index in [1.165, 1.54) is 10.9 Å². The first-order chi connectivity index (χ1) is 7.41. The van der Waals surface area contributed by atoms with Gasteiger partial charge >= 0.3 is 5.69 Å². The molecule has 0 spiro atoms. The van der Waals surface area contributed by atoms with Crippen molar-refractivity contribution in [2.75, 3.05) is 5.73 Å². The zero-order valence-electron chi connectivity index (χ0n) is 10.2. The van der Waals surface area contributed by atoms with Gasteiger partial charge in [0.2, 0.25) is 0 Å². The van der Waals surface area contributed by atoms with Gasteiger partial charge in [0.25, 0.3) is 9.04 Å². The van der Waals surface area contributed by atoms with Gasteiger partial charge in [0.1, 0.15) is 5.82 Å². The SMILES string of the molecule is CC(C)[SiH](On1ccc(N)nc1=O)C(C)C. The number of nitrogen functional groups attached to an aromatic ring is 1. The summed E-state index contributed by atoms with van der Waals surface area (Å²) < 4.78 is 6.95. The van der Waals surface area contributed by atoms with Crippen molar-refractivity contribution in [3.8, 4) is 0 Å². The molecule has 2 N–H and O–H groups in total. The smallest absolute Gasteiger partial charge is 0.380 e. The Morgan fingerprint density at radius 1 is 1.38 bits per heavy atom. The lowest BCUT2D eigenvalue weighted by Gasteiger charge is -2.23. The fraction of sp³-hybridized carbons (Fsp3) is 0.600. The minimum absolute atomic E-state index is 0.220. The summed E-state index contributed by atoms with van der Waals surface area (Å²) in [5.41, 5.74) is 5.89. The monoisotopic (exact) mass is 241 g/mol. The molecule has 0 unspecified atom stereocenters. The molecular formula is C10H19N3O2Si. The lowest BCUT2D eigenvalue weighted by Crippen LogP contribution is -2.40. The number of nitrogens with two attached hydrogens (primary N) is 1. The summed E-state index contributed by atoms with van der Waals surface area (Å²) in [4.78, 5) is 15.1. The normalized spacial score (nSPS) is 11.4. The zero-order chi connectivity index (χ0) is 12.3. The number of hydrogen-bond acceptors (Lipinski definition) is 4. The lowest BCUT2D eigenvalue weighted by atomic mass is 10.5. The quantitative estimate of drug-likeness (QED) is 0.792. The Balaban J connectivity index is 2.90. The second-order valence-corrected chi connectivity index (χ2v) is 8.33. The van der Waals surface area contributed by atoms with Gasteiger partial charge in [0.15, 0.2) is 0 Å². The van der Waals surface area contributed by atoms with Gasteiger partial charge in [-0.05, 0) is 11.1 Å². The Hall–Kier alpha value is -1.30. The molecule has 0 aromatic carbocycles. The minimum Gasteiger partial charge on any atom is -0.469 e. The average Bonchev–Trinajstić information content (AvgIpc) is 2.15. The molecule has 0 saturated carbocycles. The summed E-state index contributed by atoms with van der Waals surface area (Å²) in [6, 6.07) is 1.56. The second-order valence-electron chi connectivity index (χ2n) is 4.52. The molecule has 0 aliphatic rings. The van der Waals surface area contributed by atoms with Gasteiger partial charge in [0, 0.05) is 6.07 Å². The van der Waals surface area contributed by atoms with E-state index in [2.05, 4.69) is 32.7 Å². The van der Waals surface area contributed by atoms with E-state index in [-0.39, 0.29) is 5.82 Å². The number of anilines is 1. The standard InChI is InChI=1S/C10H19N3O2Si/c1-7(2)16(8(3)4)15-13-6-5-9(11)12-10(13)14/h5-8,16H,1-4H3,(H2,11,12,14). The highest BCUT2D eigenvalue weighted by atomic mass is 28.3. The van der Waals surface area contributed by atoms with Crippen molar-refractivity contribution in [2.24, 2.45) is 0 Å². The van der Waals surface area contributed by atoms with Crippen LogP contribution in [0.3, 0.4) is 0 Å². The van der Waals surface area contributed by atoms with E-state index in [0.717, 1.165) is 0 Å². The van der Waals surface area contributed by atoms with Crippen LogP contribution in [-0.4, -0.2) is 18.8 Å². The molecule has 1 aromatic heterocycles. The van der Waals surface area contributed by atoms with E-state index in [9.17, 15) is 4.79 Å². The van der Waals surface area contributed by atoms with E-state index >= 15 is 0 Å². The maximum Gasteiger partial charge on any atom is 0.380 e. The van der Waals surface area contributed by atoms with Crippen molar-refractivity contribution in [3.05, 3.63) is 22.7 Å². The zero-order valence-corrected chi connectivity index (χ0v) is 11.3. The maximum atomic E-state index is 11.5. The molecule has 0 aliphatic carbocycles. The number of hydrogen-bond donors (Lipinski definition) is 1. The van der Waals surface area contributed by atoms with Crippen LogP contribution in [0.1, 0.15) is 27.7 Å². The summed E-state index contributed by atoms with van der Waals surface area (Å²) >= 11 is 0. The Bertz CT molecular complexity index is 395. The fourth-order valence-electron chi connectivity index (χ4n) is 1.63. The van der Waals surface area contributed by atoms with Crippen LogP contribution in [0.4, 0.5) is 5.82 Å². The number of nitrogens with zero attached hydrogens (tertiary/aromatic N) is 2. The van der Waals surface area contributed by atoms with Crippen LogP contribution in [-0.2, 0) is 0 Å². The van der Waals surface area contributed by atoms with Gasteiger partial charge in [-0.2, -0.15) is 9.71 Å². The van der Waals surface area contributed by atoms with Crippen molar-refractivity contribution in [2.45, 2.75) is 38.8 Å². The van der Waals surface area contributed by atoms with Gasteiger partial charge in [-0.1, -0.05) is 27.7 Å². The first kappa shape index (κ1) is 12.8. The predicted octanol–water partition coefficient (Wildman–Crippen LogP) is 0.798. The van der Waals surface area contributed by atoms with Crippen LogP contribution in [0, 0.1) is 0 Å². The van der Waals surface area contributed by atoms with E-state index in [4.69, 9.17) is 10.3 Å².